The van der Waals surface area contributed by atoms with Gasteiger partial charge in [0.15, 0.2) is 0 Å². The zero-order valence-corrected chi connectivity index (χ0v) is 5.85. The van der Waals surface area contributed by atoms with Gasteiger partial charge in [-0.2, -0.15) is 4.21 Å². The molecule has 0 saturated heterocycles. The number of rotatable bonds is 3. The highest BCUT2D eigenvalue weighted by molar-refractivity contribution is 7.74. The van der Waals surface area contributed by atoms with Crippen molar-refractivity contribution in [3.63, 3.8) is 0 Å². The summed E-state index contributed by atoms with van der Waals surface area (Å²) < 4.78 is 22.3. The van der Waals surface area contributed by atoms with Crippen LogP contribution in [0.2, 0.25) is 0 Å². The van der Waals surface area contributed by atoms with Crippen LogP contribution in [0.5, 0.6) is 0 Å². The molecule has 0 heterocycles. The molecule has 5 N–H and O–H groups in total. The van der Waals surface area contributed by atoms with Crippen LogP contribution in [0.4, 0.5) is 0 Å². The van der Waals surface area contributed by atoms with Gasteiger partial charge in [0.25, 0.3) is 0 Å². The summed E-state index contributed by atoms with van der Waals surface area (Å²) in [5.41, 5.74) is 9.07. The Kier molecular flexibility index (Phi) is 3.23. The molecule has 0 aliphatic rings. The second kappa shape index (κ2) is 3.23. The van der Waals surface area contributed by atoms with Crippen molar-refractivity contribution in [2.24, 2.45) is 11.5 Å². The van der Waals surface area contributed by atoms with E-state index >= 15 is 0 Å². The monoisotopic (exact) mass is 154 g/mol. The Morgan fingerprint density at radius 3 is 2.44 bits per heavy atom. The van der Waals surface area contributed by atoms with Crippen molar-refractivity contribution in [2.75, 3.05) is 6.54 Å². The van der Waals surface area contributed by atoms with Gasteiger partial charge in [0, 0.05) is 6.54 Å². The van der Waals surface area contributed by atoms with Gasteiger partial charge >= 0.3 is 11.4 Å². The molecule has 0 spiro atoms. The molecule has 9 heavy (non-hydrogen) atoms. The Balaban J connectivity index is 3.71. The van der Waals surface area contributed by atoms with Crippen molar-refractivity contribution in [3.05, 3.63) is 0 Å². The number of hydrogen-bond acceptors (Lipinski definition) is 4. The van der Waals surface area contributed by atoms with E-state index in [1.54, 1.807) is 0 Å². The van der Waals surface area contributed by atoms with Gasteiger partial charge < -0.3 is 11.5 Å². The van der Waals surface area contributed by atoms with Crippen LogP contribution in [0.1, 0.15) is 6.92 Å². The first kappa shape index (κ1) is 8.99. The lowest BCUT2D eigenvalue weighted by molar-refractivity contribution is 0.111. The molecule has 0 radical (unpaired) electrons. The largest absolute Gasteiger partial charge is 0.327 e. The van der Waals surface area contributed by atoms with Gasteiger partial charge in [0.1, 0.15) is 5.72 Å². The molecular weight excluding hydrogens is 144 g/mol. The molecule has 0 fully saturated rings. The van der Waals surface area contributed by atoms with Gasteiger partial charge in [-0.05, 0) is 6.92 Å². The summed E-state index contributed by atoms with van der Waals surface area (Å²) in [7, 11) is 0. The fourth-order valence-corrected chi connectivity index (χ4v) is 0.591. The summed E-state index contributed by atoms with van der Waals surface area (Å²) >= 11 is -2.34. The molecule has 0 rings (SSSR count). The highest BCUT2D eigenvalue weighted by Gasteiger charge is 2.19. The van der Waals surface area contributed by atoms with Crippen LogP contribution in [0.25, 0.3) is 0 Å². The third-order valence-corrected chi connectivity index (χ3v) is 1.19. The van der Waals surface area contributed by atoms with Crippen LogP contribution in [-0.2, 0) is 15.5 Å². The minimum Gasteiger partial charge on any atom is -0.327 e. The molecule has 0 aliphatic carbocycles. The standard InChI is InChI=1S/C3H10N2O3S/c1-3(5,2-4)8-9(6)7/h2,4-5H2,1H3,(H,6,7). The first-order valence-electron chi connectivity index (χ1n) is 2.27. The lowest BCUT2D eigenvalue weighted by Crippen LogP contribution is -2.46. The summed E-state index contributed by atoms with van der Waals surface area (Å²) in [6.45, 7) is 1.42. The first-order chi connectivity index (χ1) is 3.98. The first-order valence-corrected chi connectivity index (χ1v) is 3.30. The zero-order valence-electron chi connectivity index (χ0n) is 5.03. The normalized spacial score (nSPS) is 20.9. The maximum absolute atomic E-state index is 9.93. The van der Waals surface area contributed by atoms with Gasteiger partial charge in [-0.25, -0.2) is 4.18 Å². The fraction of sp³-hybridized carbons (Fsp3) is 1.00. The molecule has 0 aliphatic heterocycles. The van der Waals surface area contributed by atoms with E-state index in [0.717, 1.165) is 0 Å². The van der Waals surface area contributed by atoms with E-state index in [1.165, 1.54) is 6.92 Å². The second-order valence-corrected chi connectivity index (χ2v) is 2.42. The molecule has 0 aromatic rings. The summed E-state index contributed by atoms with van der Waals surface area (Å²) in [6, 6.07) is 0. The molecule has 6 heteroatoms. The summed E-state index contributed by atoms with van der Waals surface area (Å²) in [5, 5.41) is 0. The van der Waals surface area contributed by atoms with Crippen LogP contribution in [0.3, 0.4) is 0 Å². The average molecular weight is 154 g/mol. The third-order valence-electron chi connectivity index (χ3n) is 0.667. The number of nitrogens with two attached hydrogens (primary N) is 2. The quantitative estimate of drug-likeness (QED) is 0.349. The van der Waals surface area contributed by atoms with Crippen molar-refractivity contribution in [3.8, 4) is 0 Å². The fourth-order valence-electron chi connectivity index (χ4n) is 0.197. The van der Waals surface area contributed by atoms with E-state index in [-0.39, 0.29) is 6.54 Å². The molecule has 56 valence electrons. The SMILES string of the molecule is CC(N)(CN)OS(=O)O. The van der Waals surface area contributed by atoms with Crippen molar-refractivity contribution in [1.82, 2.24) is 0 Å². The Morgan fingerprint density at radius 1 is 1.89 bits per heavy atom. The molecule has 2 atom stereocenters. The van der Waals surface area contributed by atoms with Crippen molar-refractivity contribution in [2.45, 2.75) is 12.6 Å². The van der Waals surface area contributed by atoms with Crippen molar-refractivity contribution < 1.29 is 12.9 Å². The average Bonchev–Trinajstić information content (AvgIpc) is 1.63. The molecule has 0 amide bonds. The zero-order chi connectivity index (χ0) is 7.49. The molecule has 0 saturated carbocycles. The van der Waals surface area contributed by atoms with E-state index in [1.807, 2.05) is 0 Å². The maximum atomic E-state index is 9.93. The van der Waals surface area contributed by atoms with Gasteiger partial charge in [0.05, 0.1) is 0 Å². The summed E-state index contributed by atoms with van der Waals surface area (Å²) in [6.07, 6.45) is 0. The van der Waals surface area contributed by atoms with Gasteiger partial charge in [-0.1, -0.05) is 0 Å². The predicted octanol–water partition coefficient (Wildman–Crippen LogP) is -1.23. The van der Waals surface area contributed by atoms with Crippen LogP contribution in [0, 0.1) is 0 Å². The van der Waals surface area contributed by atoms with Gasteiger partial charge in [-0.3, -0.25) is 4.55 Å². The van der Waals surface area contributed by atoms with Gasteiger partial charge in [-0.15, -0.1) is 0 Å². The highest BCUT2D eigenvalue weighted by Crippen LogP contribution is 1.99. The number of hydrogen-bond donors (Lipinski definition) is 3. The highest BCUT2D eigenvalue weighted by atomic mass is 32.2. The molecule has 0 aromatic heterocycles. The molecular formula is C3H10N2O3S. The van der Waals surface area contributed by atoms with Crippen LogP contribution < -0.4 is 11.5 Å². The maximum Gasteiger partial charge on any atom is 0.303 e. The van der Waals surface area contributed by atoms with E-state index in [4.69, 9.17) is 16.0 Å². The minimum atomic E-state index is -2.34. The van der Waals surface area contributed by atoms with Crippen LogP contribution >= 0.6 is 0 Å². The Hall–Kier alpha value is -0.0100. The molecule has 5 nitrogen and oxygen atoms in total. The van der Waals surface area contributed by atoms with E-state index < -0.39 is 17.1 Å². The second-order valence-electron chi connectivity index (χ2n) is 1.82. The van der Waals surface area contributed by atoms with Crippen molar-refractivity contribution >= 4 is 11.4 Å². The third kappa shape index (κ3) is 4.49. The lowest BCUT2D eigenvalue weighted by Gasteiger charge is -2.18. The molecule has 0 bridgehead atoms. The Labute approximate surface area is 55.8 Å². The predicted molar refractivity (Wildman–Crippen MR) is 33.5 cm³/mol. The van der Waals surface area contributed by atoms with E-state index in [2.05, 4.69) is 4.18 Å². The smallest absolute Gasteiger partial charge is 0.303 e. The van der Waals surface area contributed by atoms with Crippen LogP contribution in [-0.4, -0.2) is 21.0 Å². The topological polar surface area (TPSA) is 98.6 Å². The Bertz CT molecular complexity index is 116. The van der Waals surface area contributed by atoms with E-state index in [0.29, 0.717) is 0 Å². The van der Waals surface area contributed by atoms with Gasteiger partial charge in [0.2, 0.25) is 0 Å². The van der Waals surface area contributed by atoms with Crippen LogP contribution in [0.15, 0.2) is 0 Å². The summed E-state index contributed by atoms with van der Waals surface area (Å²) in [4.78, 5) is 0. The summed E-state index contributed by atoms with van der Waals surface area (Å²) in [5.74, 6) is 0. The minimum absolute atomic E-state index is 0.000694. The molecule has 0 aromatic carbocycles. The molecule has 2 unspecified atom stereocenters. The van der Waals surface area contributed by atoms with Crippen molar-refractivity contribution in [1.29, 1.82) is 0 Å². The lowest BCUT2D eigenvalue weighted by atomic mass is 10.3. The Morgan fingerprint density at radius 2 is 2.33 bits per heavy atom. The van der Waals surface area contributed by atoms with E-state index in [9.17, 15) is 4.21 Å².